The van der Waals surface area contributed by atoms with Crippen molar-refractivity contribution >= 4 is 0 Å². The summed E-state index contributed by atoms with van der Waals surface area (Å²) in [7, 11) is 0. The van der Waals surface area contributed by atoms with E-state index in [0.717, 1.165) is 19.6 Å². The van der Waals surface area contributed by atoms with Gasteiger partial charge in [-0.2, -0.15) is 0 Å². The summed E-state index contributed by atoms with van der Waals surface area (Å²) in [6, 6.07) is 0.688. The molecule has 0 aromatic carbocycles. The Balaban J connectivity index is 1.94. The fourth-order valence-corrected chi connectivity index (χ4v) is 2.02. The molecule has 1 fully saturated rings. The molecule has 90 valence electrons. The summed E-state index contributed by atoms with van der Waals surface area (Å²) in [5, 5.41) is 6.98. The van der Waals surface area contributed by atoms with Crippen LogP contribution in [0.25, 0.3) is 0 Å². The molecule has 1 atom stereocenters. The second-order valence-electron chi connectivity index (χ2n) is 4.59. The summed E-state index contributed by atoms with van der Waals surface area (Å²) >= 11 is 0. The van der Waals surface area contributed by atoms with Crippen molar-refractivity contribution < 1.29 is 0 Å². The maximum atomic E-state index is 3.60. The van der Waals surface area contributed by atoms with E-state index in [9.17, 15) is 0 Å². The van der Waals surface area contributed by atoms with Crippen LogP contribution in [0.3, 0.4) is 0 Å². The second-order valence-corrected chi connectivity index (χ2v) is 4.59. The van der Waals surface area contributed by atoms with Crippen LogP contribution in [0.1, 0.15) is 33.1 Å². The number of nitrogens with zero attached hydrogens (tertiary/aromatic N) is 1. The Morgan fingerprint density at radius 1 is 1.33 bits per heavy atom. The lowest BCUT2D eigenvalue weighted by Gasteiger charge is -2.27. The molecule has 0 aromatic heterocycles. The summed E-state index contributed by atoms with van der Waals surface area (Å²) in [5.41, 5.74) is 0. The minimum Gasteiger partial charge on any atom is -0.314 e. The lowest BCUT2D eigenvalue weighted by Crippen LogP contribution is -2.46. The minimum absolute atomic E-state index is 0.688. The van der Waals surface area contributed by atoms with Gasteiger partial charge in [0.25, 0.3) is 0 Å². The van der Waals surface area contributed by atoms with Crippen molar-refractivity contribution in [3.63, 3.8) is 0 Å². The van der Waals surface area contributed by atoms with E-state index in [1.165, 1.54) is 38.9 Å². The van der Waals surface area contributed by atoms with Gasteiger partial charge in [0.15, 0.2) is 0 Å². The van der Waals surface area contributed by atoms with Gasteiger partial charge in [-0.3, -0.25) is 4.90 Å². The third kappa shape index (κ3) is 6.13. The Morgan fingerprint density at radius 3 is 2.73 bits per heavy atom. The molecule has 0 aliphatic carbocycles. The second kappa shape index (κ2) is 8.08. The van der Waals surface area contributed by atoms with Crippen molar-refractivity contribution in [2.75, 3.05) is 39.3 Å². The summed E-state index contributed by atoms with van der Waals surface area (Å²) in [5.74, 6) is 0. The van der Waals surface area contributed by atoms with Gasteiger partial charge in [-0.25, -0.2) is 0 Å². The van der Waals surface area contributed by atoms with Crippen LogP contribution in [0.15, 0.2) is 0 Å². The molecular weight excluding hydrogens is 186 g/mol. The lowest BCUT2D eigenvalue weighted by atomic mass is 10.1. The van der Waals surface area contributed by atoms with Gasteiger partial charge in [-0.15, -0.1) is 0 Å². The first kappa shape index (κ1) is 12.9. The Bertz CT molecular complexity index is 144. The Kier molecular flexibility index (Phi) is 6.98. The maximum absolute atomic E-state index is 3.60. The molecular formula is C12H27N3. The monoisotopic (exact) mass is 213 g/mol. The number of hydrogen-bond donors (Lipinski definition) is 2. The molecule has 1 saturated heterocycles. The largest absolute Gasteiger partial charge is 0.314 e. The molecule has 0 spiro atoms. The highest BCUT2D eigenvalue weighted by atomic mass is 15.2. The van der Waals surface area contributed by atoms with Gasteiger partial charge in [-0.1, -0.05) is 19.8 Å². The number of piperazine rings is 1. The van der Waals surface area contributed by atoms with Gasteiger partial charge in [-0.05, 0) is 13.3 Å². The molecule has 0 bridgehead atoms. The zero-order valence-corrected chi connectivity index (χ0v) is 10.4. The van der Waals surface area contributed by atoms with Crippen molar-refractivity contribution in [1.29, 1.82) is 0 Å². The molecule has 1 aliphatic heterocycles. The molecule has 1 heterocycles. The molecule has 3 heteroatoms. The summed E-state index contributed by atoms with van der Waals surface area (Å²) in [6.07, 6.45) is 3.98. The van der Waals surface area contributed by atoms with E-state index in [0.29, 0.717) is 6.04 Å². The van der Waals surface area contributed by atoms with Crippen LogP contribution in [0, 0.1) is 0 Å². The highest BCUT2D eigenvalue weighted by molar-refractivity contribution is 4.69. The first-order valence-corrected chi connectivity index (χ1v) is 6.49. The SMILES string of the molecule is CCCCC(C)NCCN1CCNCC1. The van der Waals surface area contributed by atoms with Crippen molar-refractivity contribution in [3.8, 4) is 0 Å². The van der Waals surface area contributed by atoms with Crippen LogP contribution in [0.5, 0.6) is 0 Å². The van der Waals surface area contributed by atoms with E-state index in [1.54, 1.807) is 0 Å². The van der Waals surface area contributed by atoms with Crippen LogP contribution in [-0.2, 0) is 0 Å². The Hall–Kier alpha value is -0.120. The molecule has 0 aromatic rings. The van der Waals surface area contributed by atoms with E-state index in [4.69, 9.17) is 0 Å². The third-order valence-electron chi connectivity index (χ3n) is 3.12. The van der Waals surface area contributed by atoms with E-state index < -0.39 is 0 Å². The van der Waals surface area contributed by atoms with Gasteiger partial charge in [0.1, 0.15) is 0 Å². The third-order valence-corrected chi connectivity index (χ3v) is 3.12. The standard InChI is InChI=1S/C12H27N3/c1-3-4-5-12(2)14-8-11-15-9-6-13-7-10-15/h12-14H,3-11H2,1-2H3. The molecule has 0 amide bonds. The number of nitrogens with one attached hydrogen (secondary N) is 2. The molecule has 3 nitrogen and oxygen atoms in total. The first-order valence-electron chi connectivity index (χ1n) is 6.49. The van der Waals surface area contributed by atoms with Crippen molar-refractivity contribution in [3.05, 3.63) is 0 Å². The zero-order chi connectivity index (χ0) is 10.9. The molecule has 1 rings (SSSR count). The quantitative estimate of drug-likeness (QED) is 0.662. The Labute approximate surface area is 94.6 Å². The van der Waals surface area contributed by atoms with Crippen molar-refractivity contribution in [2.24, 2.45) is 0 Å². The average Bonchev–Trinajstić information content (AvgIpc) is 2.28. The number of rotatable bonds is 7. The molecule has 0 saturated carbocycles. The number of hydrogen-bond acceptors (Lipinski definition) is 3. The average molecular weight is 213 g/mol. The van der Waals surface area contributed by atoms with E-state index in [-0.39, 0.29) is 0 Å². The maximum Gasteiger partial charge on any atom is 0.0108 e. The van der Waals surface area contributed by atoms with Crippen LogP contribution in [0.4, 0.5) is 0 Å². The number of unbranched alkanes of at least 4 members (excludes halogenated alkanes) is 1. The lowest BCUT2D eigenvalue weighted by molar-refractivity contribution is 0.238. The van der Waals surface area contributed by atoms with Crippen LogP contribution >= 0.6 is 0 Å². The van der Waals surface area contributed by atoms with Crippen LogP contribution in [-0.4, -0.2) is 50.2 Å². The van der Waals surface area contributed by atoms with Crippen LogP contribution < -0.4 is 10.6 Å². The summed E-state index contributed by atoms with van der Waals surface area (Å²) < 4.78 is 0. The molecule has 1 unspecified atom stereocenters. The first-order chi connectivity index (χ1) is 7.33. The summed E-state index contributed by atoms with van der Waals surface area (Å²) in [6.45, 7) is 11.6. The van der Waals surface area contributed by atoms with Crippen molar-refractivity contribution in [2.45, 2.75) is 39.2 Å². The predicted octanol–water partition coefficient (Wildman–Crippen LogP) is 1.06. The van der Waals surface area contributed by atoms with Gasteiger partial charge in [0.05, 0.1) is 0 Å². The van der Waals surface area contributed by atoms with Crippen molar-refractivity contribution in [1.82, 2.24) is 15.5 Å². The highest BCUT2D eigenvalue weighted by Gasteiger charge is 2.08. The fraction of sp³-hybridized carbons (Fsp3) is 1.00. The minimum atomic E-state index is 0.688. The molecule has 1 aliphatic rings. The fourth-order valence-electron chi connectivity index (χ4n) is 2.02. The van der Waals surface area contributed by atoms with Crippen LogP contribution in [0.2, 0.25) is 0 Å². The van der Waals surface area contributed by atoms with E-state index in [2.05, 4.69) is 29.4 Å². The highest BCUT2D eigenvalue weighted by Crippen LogP contribution is 1.99. The molecule has 2 N–H and O–H groups in total. The topological polar surface area (TPSA) is 27.3 Å². The molecule has 15 heavy (non-hydrogen) atoms. The predicted molar refractivity (Wildman–Crippen MR) is 66.3 cm³/mol. The van der Waals surface area contributed by atoms with Gasteiger partial charge < -0.3 is 10.6 Å². The Morgan fingerprint density at radius 2 is 2.07 bits per heavy atom. The summed E-state index contributed by atoms with van der Waals surface area (Å²) in [4.78, 5) is 2.54. The normalized spacial score (nSPS) is 20.4. The molecule has 0 radical (unpaired) electrons. The van der Waals surface area contributed by atoms with Gasteiger partial charge in [0.2, 0.25) is 0 Å². The smallest absolute Gasteiger partial charge is 0.0108 e. The van der Waals surface area contributed by atoms with E-state index in [1.807, 2.05) is 0 Å². The van der Waals surface area contributed by atoms with Gasteiger partial charge in [0, 0.05) is 45.3 Å². The van der Waals surface area contributed by atoms with Gasteiger partial charge >= 0.3 is 0 Å². The van der Waals surface area contributed by atoms with E-state index >= 15 is 0 Å². The zero-order valence-electron chi connectivity index (χ0n) is 10.4.